The van der Waals surface area contributed by atoms with Crippen LogP contribution in [0.25, 0.3) is 10.2 Å². The third-order valence-electron chi connectivity index (χ3n) is 5.06. The topological polar surface area (TPSA) is 67.9 Å². The van der Waals surface area contributed by atoms with E-state index in [0.717, 1.165) is 48.9 Å². The summed E-state index contributed by atoms with van der Waals surface area (Å²) in [5, 5.41) is 10.4. The molecule has 2 aromatic rings. The van der Waals surface area contributed by atoms with Gasteiger partial charge in [-0.1, -0.05) is 18.7 Å². The second-order valence-corrected chi connectivity index (χ2v) is 8.95. The fourth-order valence-electron chi connectivity index (χ4n) is 3.76. The standard InChI is InChI=1S/C18H21N3O2S2/c1-11-4-5-13-14(9-11)25-16-15(13)17(22)21(10-12-3-2-7-23-12)18(20-16)24-8-6-19/h11-12H,2-5,7-10H2,1H3/t11-,12-/m0/s1. The van der Waals surface area contributed by atoms with Crippen molar-refractivity contribution in [1.82, 2.24) is 9.55 Å². The van der Waals surface area contributed by atoms with Gasteiger partial charge in [0.05, 0.1) is 29.9 Å². The Labute approximate surface area is 155 Å². The van der Waals surface area contributed by atoms with Gasteiger partial charge in [-0.15, -0.1) is 11.3 Å². The van der Waals surface area contributed by atoms with Crippen molar-refractivity contribution in [3.8, 4) is 6.07 Å². The Hall–Kier alpha value is -1.36. The van der Waals surface area contributed by atoms with Crippen molar-refractivity contribution >= 4 is 33.3 Å². The summed E-state index contributed by atoms with van der Waals surface area (Å²) >= 11 is 3.01. The normalized spacial score (nSPS) is 22.9. The van der Waals surface area contributed by atoms with Gasteiger partial charge in [0.1, 0.15) is 4.83 Å². The van der Waals surface area contributed by atoms with E-state index in [2.05, 4.69) is 13.0 Å². The third-order valence-corrected chi connectivity index (χ3v) is 7.05. The monoisotopic (exact) mass is 375 g/mol. The second kappa shape index (κ2) is 7.10. The van der Waals surface area contributed by atoms with Crippen molar-refractivity contribution in [2.24, 2.45) is 5.92 Å². The summed E-state index contributed by atoms with van der Waals surface area (Å²) in [5.74, 6) is 0.966. The molecule has 3 heterocycles. The first kappa shape index (κ1) is 17.1. The summed E-state index contributed by atoms with van der Waals surface area (Å²) in [5.41, 5.74) is 1.27. The minimum absolute atomic E-state index is 0.0491. The minimum Gasteiger partial charge on any atom is -0.376 e. The van der Waals surface area contributed by atoms with E-state index in [1.807, 2.05) is 0 Å². The first-order valence-electron chi connectivity index (χ1n) is 8.83. The van der Waals surface area contributed by atoms with Gasteiger partial charge in [-0.25, -0.2) is 4.98 Å². The van der Waals surface area contributed by atoms with E-state index in [4.69, 9.17) is 15.0 Å². The highest BCUT2D eigenvalue weighted by Gasteiger charge is 2.26. The van der Waals surface area contributed by atoms with Crippen LogP contribution in [-0.4, -0.2) is 28.0 Å². The van der Waals surface area contributed by atoms with Crippen LogP contribution in [0.5, 0.6) is 0 Å². The van der Waals surface area contributed by atoms with E-state index < -0.39 is 0 Å². The number of rotatable bonds is 4. The number of nitrogens with zero attached hydrogens (tertiary/aromatic N) is 3. The maximum absolute atomic E-state index is 13.3. The van der Waals surface area contributed by atoms with Gasteiger partial charge in [-0.3, -0.25) is 9.36 Å². The Balaban J connectivity index is 1.83. The molecule has 7 heteroatoms. The zero-order valence-corrected chi connectivity index (χ0v) is 15.9. The summed E-state index contributed by atoms with van der Waals surface area (Å²) in [6.07, 6.45) is 5.25. The SMILES string of the molecule is C[C@H]1CCc2c(sc3nc(SCC#N)n(C[C@@H]4CCCO4)c(=O)c23)C1. The molecule has 0 spiro atoms. The van der Waals surface area contributed by atoms with Gasteiger partial charge >= 0.3 is 0 Å². The van der Waals surface area contributed by atoms with Gasteiger partial charge in [0.15, 0.2) is 5.16 Å². The molecular formula is C18H21N3O2S2. The van der Waals surface area contributed by atoms with Crippen LogP contribution in [0.1, 0.15) is 36.6 Å². The molecule has 132 valence electrons. The Morgan fingerprint density at radius 3 is 3.12 bits per heavy atom. The number of hydrogen-bond donors (Lipinski definition) is 0. The quantitative estimate of drug-likeness (QED) is 0.605. The lowest BCUT2D eigenvalue weighted by Gasteiger charge is -2.18. The van der Waals surface area contributed by atoms with E-state index in [9.17, 15) is 4.79 Å². The van der Waals surface area contributed by atoms with Crippen LogP contribution < -0.4 is 5.56 Å². The fraction of sp³-hybridized carbons (Fsp3) is 0.611. The average molecular weight is 376 g/mol. The lowest BCUT2D eigenvalue weighted by molar-refractivity contribution is 0.0937. The molecule has 5 nitrogen and oxygen atoms in total. The van der Waals surface area contributed by atoms with Gasteiger partial charge in [-0.2, -0.15) is 5.26 Å². The van der Waals surface area contributed by atoms with Gasteiger partial charge in [-0.05, 0) is 43.6 Å². The molecule has 2 aliphatic rings. The number of fused-ring (bicyclic) bond motifs is 3. The maximum atomic E-state index is 13.3. The number of aryl methyl sites for hydroxylation is 1. The van der Waals surface area contributed by atoms with Crippen molar-refractivity contribution in [3.05, 3.63) is 20.8 Å². The molecule has 0 bridgehead atoms. The Morgan fingerprint density at radius 2 is 2.36 bits per heavy atom. The third kappa shape index (κ3) is 3.23. The summed E-state index contributed by atoms with van der Waals surface area (Å²) < 4.78 is 7.49. The van der Waals surface area contributed by atoms with Crippen LogP contribution in [-0.2, 0) is 24.1 Å². The molecule has 0 unspecified atom stereocenters. The van der Waals surface area contributed by atoms with Crippen LogP contribution in [0.3, 0.4) is 0 Å². The maximum Gasteiger partial charge on any atom is 0.263 e. The van der Waals surface area contributed by atoms with E-state index in [0.29, 0.717) is 23.4 Å². The van der Waals surface area contributed by atoms with E-state index in [1.165, 1.54) is 22.2 Å². The molecule has 1 saturated heterocycles. The minimum atomic E-state index is 0.0491. The first-order chi connectivity index (χ1) is 12.2. The van der Waals surface area contributed by atoms with Crippen molar-refractivity contribution in [1.29, 1.82) is 5.26 Å². The zero-order chi connectivity index (χ0) is 17.4. The highest BCUT2D eigenvalue weighted by molar-refractivity contribution is 7.99. The van der Waals surface area contributed by atoms with Gasteiger partial charge < -0.3 is 4.74 Å². The smallest absolute Gasteiger partial charge is 0.263 e. The predicted octanol–water partition coefficient (Wildman–Crippen LogP) is 3.38. The lowest BCUT2D eigenvalue weighted by atomic mass is 9.89. The van der Waals surface area contributed by atoms with Gasteiger partial charge in [0, 0.05) is 11.5 Å². The molecule has 0 saturated carbocycles. The number of thioether (sulfide) groups is 1. The summed E-state index contributed by atoms with van der Waals surface area (Å²) in [4.78, 5) is 20.2. The van der Waals surface area contributed by atoms with E-state index in [1.54, 1.807) is 15.9 Å². The number of ether oxygens (including phenoxy) is 1. The fourth-order valence-corrected chi connectivity index (χ4v) is 5.86. The van der Waals surface area contributed by atoms with Crippen LogP contribution in [0, 0.1) is 17.2 Å². The molecule has 4 rings (SSSR count). The molecule has 1 aliphatic heterocycles. The van der Waals surface area contributed by atoms with Crippen molar-refractivity contribution in [3.63, 3.8) is 0 Å². The molecular weight excluding hydrogens is 354 g/mol. The van der Waals surface area contributed by atoms with Gasteiger partial charge in [0.2, 0.25) is 0 Å². The van der Waals surface area contributed by atoms with Crippen LogP contribution in [0.4, 0.5) is 0 Å². The summed E-state index contributed by atoms with van der Waals surface area (Å²) in [7, 11) is 0. The summed E-state index contributed by atoms with van der Waals surface area (Å²) in [6.45, 7) is 3.57. The first-order valence-corrected chi connectivity index (χ1v) is 10.6. The van der Waals surface area contributed by atoms with Crippen molar-refractivity contribution in [2.45, 2.75) is 56.8 Å². The molecule has 1 aliphatic carbocycles. The van der Waals surface area contributed by atoms with E-state index >= 15 is 0 Å². The van der Waals surface area contributed by atoms with Crippen molar-refractivity contribution in [2.75, 3.05) is 12.4 Å². The molecule has 2 aromatic heterocycles. The summed E-state index contributed by atoms with van der Waals surface area (Å²) in [6, 6.07) is 2.14. The molecule has 0 radical (unpaired) electrons. The van der Waals surface area contributed by atoms with Crippen LogP contribution in [0.2, 0.25) is 0 Å². The highest BCUT2D eigenvalue weighted by Crippen LogP contribution is 2.36. The molecule has 0 amide bonds. The van der Waals surface area contributed by atoms with Crippen molar-refractivity contribution < 1.29 is 4.74 Å². The van der Waals surface area contributed by atoms with Gasteiger partial charge in [0.25, 0.3) is 5.56 Å². The Morgan fingerprint density at radius 1 is 1.48 bits per heavy atom. The highest BCUT2D eigenvalue weighted by atomic mass is 32.2. The largest absolute Gasteiger partial charge is 0.376 e. The van der Waals surface area contributed by atoms with Crippen LogP contribution >= 0.6 is 23.1 Å². The van der Waals surface area contributed by atoms with Crippen LogP contribution in [0.15, 0.2) is 9.95 Å². The predicted molar refractivity (Wildman–Crippen MR) is 100 cm³/mol. The average Bonchev–Trinajstić information content (AvgIpc) is 3.22. The number of hydrogen-bond acceptors (Lipinski definition) is 6. The van der Waals surface area contributed by atoms with E-state index in [-0.39, 0.29) is 11.7 Å². The Bertz CT molecular complexity index is 890. The molecule has 25 heavy (non-hydrogen) atoms. The molecule has 1 fully saturated rings. The molecule has 2 atom stereocenters. The second-order valence-electron chi connectivity index (χ2n) is 6.92. The number of nitriles is 1. The number of thiophene rings is 1. The zero-order valence-electron chi connectivity index (χ0n) is 14.3. The molecule has 0 aromatic carbocycles. The lowest BCUT2D eigenvalue weighted by Crippen LogP contribution is -2.29. The number of aromatic nitrogens is 2. The Kier molecular flexibility index (Phi) is 4.85. The molecule has 0 N–H and O–H groups in total.